The summed E-state index contributed by atoms with van der Waals surface area (Å²) in [5.41, 5.74) is 3.33. The van der Waals surface area contributed by atoms with Crippen molar-refractivity contribution in [2.24, 2.45) is 33.0 Å². The summed E-state index contributed by atoms with van der Waals surface area (Å²) in [5, 5.41) is 20.3. The lowest BCUT2D eigenvalue weighted by Crippen LogP contribution is -2.62. The zero-order chi connectivity index (χ0) is 24.2. The van der Waals surface area contributed by atoms with Crippen molar-refractivity contribution < 1.29 is 19.8 Å². The van der Waals surface area contributed by atoms with Gasteiger partial charge in [-0.05, 0) is 98.2 Å². The largest absolute Gasteiger partial charge is 0.504 e. The molecule has 0 aromatic carbocycles. The number of aliphatic hydroxyl groups excluding tert-OH is 1. The van der Waals surface area contributed by atoms with Crippen molar-refractivity contribution in [3.63, 3.8) is 0 Å². The minimum Gasteiger partial charge on any atom is -0.504 e. The molecule has 0 saturated heterocycles. The third-order valence-corrected chi connectivity index (χ3v) is 11.4. The number of aliphatic carboxylic acids is 1. The number of hydrogen-bond donors (Lipinski definition) is 2. The molecule has 33 heavy (non-hydrogen) atoms. The first-order valence-corrected chi connectivity index (χ1v) is 12.6. The van der Waals surface area contributed by atoms with E-state index < -0.39 is 11.4 Å². The topological polar surface area (TPSA) is 74.6 Å². The molecule has 2 N–H and O–H groups in total. The highest BCUT2D eigenvalue weighted by molar-refractivity contribution is 6.06. The van der Waals surface area contributed by atoms with E-state index >= 15 is 0 Å². The highest BCUT2D eigenvalue weighted by Gasteiger charge is 2.67. The first-order valence-electron chi connectivity index (χ1n) is 12.6. The minimum atomic E-state index is -0.655. The maximum absolute atomic E-state index is 12.6. The highest BCUT2D eigenvalue weighted by Crippen LogP contribution is 2.75. The van der Waals surface area contributed by atoms with Gasteiger partial charge < -0.3 is 10.2 Å². The predicted octanol–water partition coefficient (Wildman–Crippen LogP) is 6.70. The molecular weight excluding hydrogens is 412 g/mol. The Bertz CT molecular complexity index is 1100. The molecule has 0 amide bonds. The van der Waals surface area contributed by atoms with E-state index in [4.69, 9.17) is 0 Å². The van der Waals surface area contributed by atoms with Gasteiger partial charge in [0.25, 0.3) is 0 Å². The summed E-state index contributed by atoms with van der Waals surface area (Å²) in [5.74, 6) is -0.734. The van der Waals surface area contributed by atoms with Crippen molar-refractivity contribution in [2.75, 3.05) is 0 Å². The van der Waals surface area contributed by atoms with Crippen LogP contribution in [0.25, 0.3) is 0 Å². The van der Waals surface area contributed by atoms with Crippen molar-refractivity contribution in [3.05, 3.63) is 46.3 Å². The zero-order valence-electron chi connectivity index (χ0n) is 21.0. The van der Waals surface area contributed by atoms with Gasteiger partial charge >= 0.3 is 5.97 Å². The lowest BCUT2D eigenvalue weighted by molar-refractivity contribution is -0.178. The number of ketones is 1. The van der Waals surface area contributed by atoms with Crippen LogP contribution >= 0.6 is 0 Å². The molecule has 0 radical (unpaired) electrons. The van der Waals surface area contributed by atoms with Crippen LogP contribution in [0.1, 0.15) is 86.5 Å². The third kappa shape index (κ3) is 2.64. The van der Waals surface area contributed by atoms with Crippen LogP contribution in [0, 0.1) is 33.0 Å². The van der Waals surface area contributed by atoms with E-state index in [1.807, 2.05) is 13.8 Å². The van der Waals surface area contributed by atoms with Crippen molar-refractivity contribution in [1.82, 2.24) is 0 Å². The Morgan fingerprint density at radius 3 is 2.30 bits per heavy atom. The molecule has 5 aliphatic carbocycles. The molecule has 0 aliphatic heterocycles. The number of carbonyl (C=O) groups excluding carboxylic acids is 1. The van der Waals surface area contributed by atoms with Gasteiger partial charge in [-0.2, -0.15) is 0 Å². The Kier molecular flexibility index (Phi) is 4.48. The van der Waals surface area contributed by atoms with E-state index in [0.29, 0.717) is 11.5 Å². The van der Waals surface area contributed by atoms with Crippen LogP contribution in [0.15, 0.2) is 46.3 Å². The molecule has 3 saturated carbocycles. The summed E-state index contributed by atoms with van der Waals surface area (Å²) in [7, 11) is 0. The number of hydrogen-bond acceptors (Lipinski definition) is 3. The van der Waals surface area contributed by atoms with Crippen molar-refractivity contribution >= 4 is 11.8 Å². The predicted molar refractivity (Wildman–Crippen MR) is 129 cm³/mol. The Labute approximate surface area is 197 Å². The molecule has 178 valence electrons. The van der Waals surface area contributed by atoms with E-state index in [1.165, 1.54) is 5.57 Å². The lowest BCUT2D eigenvalue weighted by Gasteiger charge is -2.70. The SMILES string of the molecule is CC1=C(O)C(=O)C=C2C1=CC=C1[C@@]2(C)CC[C@]2(C)[C@H]3C[C@@](C)(C(=O)O)CC[C@]3(C)CC[C@]12C. The van der Waals surface area contributed by atoms with Crippen molar-refractivity contribution in [3.8, 4) is 0 Å². The van der Waals surface area contributed by atoms with E-state index in [-0.39, 0.29) is 33.2 Å². The second-order valence-corrected chi connectivity index (χ2v) is 12.9. The Morgan fingerprint density at radius 1 is 0.970 bits per heavy atom. The molecule has 0 spiro atoms. The van der Waals surface area contributed by atoms with Gasteiger partial charge in [0.2, 0.25) is 5.78 Å². The smallest absolute Gasteiger partial charge is 0.309 e. The van der Waals surface area contributed by atoms with Gasteiger partial charge in [0.15, 0.2) is 5.76 Å². The Morgan fingerprint density at radius 2 is 1.64 bits per heavy atom. The standard InChI is InChI=1S/C29H38O4/c1-17-18-7-8-21-27(4,19(18)15-20(30)23(17)31)12-14-29(6)22-16-26(3,24(32)33)10-9-25(22,2)11-13-28(21,29)5/h7-8,15,22,31H,9-14,16H2,1-6H3,(H,32,33)/t22-,25+,26-,27-,28+,29+/m0/s1. The number of allylic oxidation sites excluding steroid dienone is 7. The molecule has 0 bridgehead atoms. The fourth-order valence-electron chi connectivity index (χ4n) is 8.65. The summed E-state index contributed by atoms with van der Waals surface area (Å²) < 4.78 is 0. The molecular formula is C29H38O4. The highest BCUT2D eigenvalue weighted by atomic mass is 16.4. The second kappa shape index (κ2) is 6.52. The van der Waals surface area contributed by atoms with Crippen LogP contribution in [0.2, 0.25) is 0 Å². The van der Waals surface area contributed by atoms with Gasteiger partial charge in [-0.1, -0.05) is 45.4 Å². The van der Waals surface area contributed by atoms with Crippen LogP contribution in [-0.4, -0.2) is 22.0 Å². The average molecular weight is 451 g/mol. The number of carbonyl (C=O) groups is 2. The van der Waals surface area contributed by atoms with Gasteiger partial charge in [0.1, 0.15) is 0 Å². The number of carboxylic acids is 1. The number of fused-ring (bicyclic) bond motifs is 7. The summed E-state index contributed by atoms with van der Waals surface area (Å²) in [4.78, 5) is 24.8. The van der Waals surface area contributed by atoms with Crippen LogP contribution in [0.5, 0.6) is 0 Å². The summed E-state index contributed by atoms with van der Waals surface area (Å²) in [6.45, 7) is 13.3. The van der Waals surface area contributed by atoms with E-state index in [9.17, 15) is 19.8 Å². The molecule has 4 heteroatoms. The van der Waals surface area contributed by atoms with Gasteiger partial charge in [-0.15, -0.1) is 0 Å². The van der Waals surface area contributed by atoms with Crippen LogP contribution < -0.4 is 0 Å². The lowest BCUT2D eigenvalue weighted by atomic mass is 9.34. The monoisotopic (exact) mass is 450 g/mol. The van der Waals surface area contributed by atoms with Gasteiger partial charge in [0, 0.05) is 11.0 Å². The first-order chi connectivity index (χ1) is 15.2. The molecule has 5 aliphatic rings. The fourth-order valence-corrected chi connectivity index (χ4v) is 8.65. The summed E-state index contributed by atoms with van der Waals surface area (Å²) in [6, 6.07) is 0. The summed E-state index contributed by atoms with van der Waals surface area (Å²) >= 11 is 0. The van der Waals surface area contributed by atoms with Gasteiger partial charge in [-0.3, -0.25) is 9.59 Å². The van der Waals surface area contributed by atoms with Crippen molar-refractivity contribution in [1.29, 1.82) is 0 Å². The van der Waals surface area contributed by atoms with Gasteiger partial charge in [0.05, 0.1) is 5.41 Å². The number of carboxylic acid groups (broad SMARTS) is 1. The summed E-state index contributed by atoms with van der Waals surface area (Å²) in [6.07, 6.45) is 12.7. The molecule has 0 aromatic heterocycles. The van der Waals surface area contributed by atoms with Crippen LogP contribution in [-0.2, 0) is 9.59 Å². The van der Waals surface area contributed by atoms with E-state index in [2.05, 4.69) is 39.8 Å². The molecule has 3 fully saturated rings. The number of aliphatic hydroxyl groups is 1. The zero-order valence-corrected chi connectivity index (χ0v) is 21.0. The van der Waals surface area contributed by atoms with Crippen LogP contribution in [0.3, 0.4) is 0 Å². The Hall–Kier alpha value is -2.10. The maximum Gasteiger partial charge on any atom is 0.309 e. The molecule has 6 atom stereocenters. The maximum atomic E-state index is 12.6. The molecule has 0 aromatic rings. The number of rotatable bonds is 1. The molecule has 5 rings (SSSR count). The Balaban J connectivity index is 1.64. The normalized spacial score (nSPS) is 46.8. The third-order valence-electron chi connectivity index (χ3n) is 11.4. The first kappa shape index (κ1) is 22.7. The van der Waals surface area contributed by atoms with Gasteiger partial charge in [-0.25, -0.2) is 0 Å². The van der Waals surface area contributed by atoms with E-state index in [1.54, 1.807) is 6.08 Å². The fraction of sp³-hybridized carbons (Fsp3) is 0.655. The molecule has 0 heterocycles. The van der Waals surface area contributed by atoms with Crippen molar-refractivity contribution in [2.45, 2.75) is 86.5 Å². The quantitative estimate of drug-likeness (QED) is 0.466. The molecule has 4 nitrogen and oxygen atoms in total. The average Bonchev–Trinajstić information content (AvgIpc) is 2.75. The van der Waals surface area contributed by atoms with Crippen LogP contribution in [0.4, 0.5) is 0 Å². The minimum absolute atomic E-state index is 0.0000746. The van der Waals surface area contributed by atoms with E-state index in [0.717, 1.165) is 56.1 Å². The molecule has 0 unspecified atom stereocenters. The second-order valence-electron chi connectivity index (χ2n) is 12.9.